The monoisotopic (exact) mass is 851 g/mol. The Balaban J connectivity index is 1.64. The van der Waals surface area contributed by atoms with Crippen molar-refractivity contribution in [2.75, 3.05) is 37.8 Å². The molecule has 0 aliphatic rings. The molecule has 1 atom stereocenters. The summed E-state index contributed by atoms with van der Waals surface area (Å²) in [5, 5.41) is 16.2. The second kappa shape index (κ2) is 31.6. The Morgan fingerprint density at radius 2 is 1.21 bits per heavy atom. The van der Waals surface area contributed by atoms with Gasteiger partial charge in [-0.05, 0) is 157 Å². The molecular weight excluding hydrogens is 765 g/mol. The van der Waals surface area contributed by atoms with E-state index in [0.717, 1.165) is 107 Å². The molecule has 0 fully saturated rings. The lowest BCUT2D eigenvalue weighted by Crippen LogP contribution is -2.32. The van der Waals surface area contributed by atoms with Crippen LogP contribution in [0.4, 0.5) is 11.8 Å². The summed E-state index contributed by atoms with van der Waals surface area (Å²) < 4.78 is 0. The molecule has 2 rings (SSSR count). The van der Waals surface area contributed by atoms with Gasteiger partial charge in [0.1, 0.15) is 5.82 Å². The number of carbonyl (C=O) groups excluding carboxylic acids is 1. The number of likely N-dealkylation sites (N-methyl/N-ethyl adjacent to an activating group) is 1. The maximum atomic E-state index is 12.6. The third kappa shape index (κ3) is 25.0. The Morgan fingerprint density at radius 1 is 0.710 bits per heavy atom. The molecule has 62 heavy (non-hydrogen) atoms. The Kier molecular flexibility index (Phi) is 27.4. The van der Waals surface area contributed by atoms with Gasteiger partial charge in [-0.1, -0.05) is 108 Å². The number of nitrogens with one attached hydrogen (secondary N) is 2. The minimum atomic E-state index is 0.110. The van der Waals surface area contributed by atoms with Gasteiger partial charge in [0, 0.05) is 56.4 Å². The number of aliphatic hydroxyl groups is 1. The van der Waals surface area contributed by atoms with E-state index in [-0.39, 0.29) is 24.5 Å². The van der Waals surface area contributed by atoms with Gasteiger partial charge in [0.25, 0.3) is 0 Å². The summed E-state index contributed by atoms with van der Waals surface area (Å²) in [7, 11) is 2.09. The summed E-state index contributed by atoms with van der Waals surface area (Å²) in [6.45, 7) is 22.0. The Bertz CT molecular complexity index is 1790. The van der Waals surface area contributed by atoms with Gasteiger partial charge in [0.05, 0.1) is 0 Å². The third-order valence-corrected chi connectivity index (χ3v) is 11.4. The van der Waals surface area contributed by atoms with Crippen molar-refractivity contribution in [2.45, 2.75) is 178 Å². The fourth-order valence-electron chi connectivity index (χ4n) is 7.47. The quantitative estimate of drug-likeness (QED) is 0.0441. The molecule has 1 unspecified atom stereocenters. The van der Waals surface area contributed by atoms with Crippen molar-refractivity contribution in [3.8, 4) is 0 Å². The zero-order valence-corrected chi connectivity index (χ0v) is 40.8. The van der Waals surface area contributed by atoms with Gasteiger partial charge >= 0.3 is 0 Å². The zero-order valence-electron chi connectivity index (χ0n) is 40.8. The van der Waals surface area contributed by atoms with Crippen LogP contribution in [0.15, 0.2) is 94.2 Å². The molecule has 2 aromatic rings. The molecule has 1 amide bonds. The lowest BCUT2D eigenvalue weighted by molar-refractivity contribution is -0.121. The van der Waals surface area contributed by atoms with Crippen molar-refractivity contribution in [3.05, 3.63) is 117 Å². The van der Waals surface area contributed by atoms with E-state index in [1.54, 1.807) is 0 Å². The second-order valence-electron chi connectivity index (χ2n) is 18.0. The Labute approximate surface area is 378 Å². The van der Waals surface area contributed by atoms with Crippen molar-refractivity contribution in [3.63, 3.8) is 0 Å². The van der Waals surface area contributed by atoms with Crippen LogP contribution in [0, 0.1) is 6.92 Å². The number of nitrogens with two attached hydrogens (primary N) is 1. The van der Waals surface area contributed by atoms with Gasteiger partial charge in [-0.2, -0.15) is 4.98 Å². The zero-order chi connectivity index (χ0) is 45.7. The number of nitrogens with zero attached hydrogens (tertiary/aromatic N) is 3. The number of allylic oxidation sites excluding steroid dienone is 12. The van der Waals surface area contributed by atoms with Crippen LogP contribution < -0.4 is 16.4 Å². The number of unbranched alkanes of at least 4 members (excludes halogenated alkanes) is 1. The third-order valence-electron chi connectivity index (χ3n) is 11.4. The van der Waals surface area contributed by atoms with E-state index < -0.39 is 0 Å². The number of aryl methyl sites for hydroxylation is 1. The fourth-order valence-corrected chi connectivity index (χ4v) is 7.47. The van der Waals surface area contributed by atoms with Gasteiger partial charge in [-0.25, -0.2) is 4.98 Å². The highest BCUT2D eigenvalue weighted by atomic mass is 16.3. The number of aliphatic hydroxyl groups excluding tert-OH is 1. The summed E-state index contributed by atoms with van der Waals surface area (Å²) in [6.07, 6.45) is 30.1. The van der Waals surface area contributed by atoms with E-state index in [1.165, 1.54) is 51.0 Å². The van der Waals surface area contributed by atoms with Crippen LogP contribution in [-0.2, 0) is 17.8 Å². The number of anilines is 2. The molecule has 1 heterocycles. The van der Waals surface area contributed by atoms with Crippen molar-refractivity contribution in [1.29, 1.82) is 0 Å². The lowest BCUT2D eigenvalue weighted by atomic mass is 10.0. The molecule has 8 heteroatoms. The predicted molar refractivity (Wildman–Crippen MR) is 267 cm³/mol. The Morgan fingerprint density at radius 3 is 1.73 bits per heavy atom. The van der Waals surface area contributed by atoms with Crippen LogP contribution in [0.25, 0.3) is 0 Å². The number of rotatable bonds is 31. The molecule has 8 nitrogen and oxygen atoms in total. The summed E-state index contributed by atoms with van der Waals surface area (Å²) in [4.78, 5) is 23.8. The Hall–Kier alpha value is -4.27. The first-order valence-electron chi connectivity index (χ1n) is 23.6. The first-order chi connectivity index (χ1) is 29.7. The average molecular weight is 851 g/mol. The van der Waals surface area contributed by atoms with E-state index in [9.17, 15) is 9.90 Å². The van der Waals surface area contributed by atoms with Crippen LogP contribution in [0.3, 0.4) is 0 Å². The summed E-state index contributed by atoms with van der Waals surface area (Å²) in [6, 6.07) is 8.78. The maximum absolute atomic E-state index is 12.6. The molecule has 0 radical (unpaired) electrons. The summed E-state index contributed by atoms with van der Waals surface area (Å²) in [5.41, 5.74) is 18.9. The molecule has 1 aromatic heterocycles. The molecule has 5 N–H and O–H groups in total. The molecule has 0 spiro atoms. The van der Waals surface area contributed by atoms with Crippen LogP contribution in [0.2, 0.25) is 0 Å². The van der Waals surface area contributed by atoms with Crippen LogP contribution >= 0.6 is 0 Å². The number of amides is 1. The molecule has 344 valence electrons. The van der Waals surface area contributed by atoms with Gasteiger partial charge in [0.2, 0.25) is 11.9 Å². The highest BCUT2D eigenvalue weighted by molar-refractivity contribution is 5.76. The van der Waals surface area contributed by atoms with Crippen LogP contribution in [-0.4, -0.2) is 58.7 Å². The molecule has 0 saturated carbocycles. The number of carbonyl (C=O) groups is 1. The molecule has 1 aromatic carbocycles. The van der Waals surface area contributed by atoms with Crippen molar-refractivity contribution in [2.24, 2.45) is 0 Å². The second-order valence-corrected chi connectivity index (χ2v) is 18.0. The highest BCUT2D eigenvalue weighted by Gasteiger charge is 2.16. The van der Waals surface area contributed by atoms with Gasteiger partial charge < -0.3 is 26.4 Å². The van der Waals surface area contributed by atoms with Gasteiger partial charge in [-0.3, -0.25) is 4.79 Å². The van der Waals surface area contributed by atoms with Crippen molar-refractivity contribution in [1.82, 2.24) is 20.2 Å². The van der Waals surface area contributed by atoms with Crippen molar-refractivity contribution < 1.29 is 9.90 Å². The predicted octanol–water partition coefficient (Wildman–Crippen LogP) is 12.8. The first-order valence-corrected chi connectivity index (χ1v) is 23.6. The van der Waals surface area contributed by atoms with Gasteiger partial charge in [0.15, 0.2) is 0 Å². The normalized spacial score (nSPS) is 13.5. The van der Waals surface area contributed by atoms with E-state index in [2.05, 4.69) is 149 Å². The van der Waals surface area contributed by atoms with E-state index >= 15 is 0 Å². The minimum absolute atomic E-state index is 0.110. The average Bonchev–Trinajstić information content (AvgIpc) is 3.20. The van der Waals surface area contributed by atoms with Crippen LogP contribution in [0.5, 0.6) is 0 Å². The van der Waals surface area contributed by atoms with Gasteiger partial charge in [-0.15, -0.1) is 0 Å². The summed E-state index contributed by atoms with van der Waals surface area (Å²) in [5.74, 6) is 1.12. The number of benzene rings is 1. The number of hydrogen-bond acceptors (Lipinski definition) is 7. The number of nitrogen functional groups attached to an aromatic ring is 1. The standard InChI is InChI=1S/C54H86N6O2/c1-11-18-50(35-38-61)58-53-51(47(9)57-54(55)59-53)39-48-30-32-49(33-31-48)40-60(10)37-36-56-52(62)34-29-46(8)28-17-27-45(7)26-16-24-43(5)21-13-12-20-42(4)23-15-25-44(6)22-14-19-41(2)3/h19-21,25-26,28,30-33,50,61H,11-18,22-24,27,29,34-40H2,1-10H3,(H,56,62)(H3,55,57,58,59)/b42-20?,43-21?,44-25+,45-26?,46-28?. The van der Waals surface area contributed by atoms with Crippen LogP contribution in [0.1, 0.15) is 174 Å². The smallest absolute Gasteiger partial charge is 0.222 e. The lowest BCUT2D eigenvalue weighted by Gasteiger charge is -2.21. The maximum Gasteiger partial charge on any atom is 0.222 e. The minimum Gasteiger partial charge on any atom is -0.396 e. The molecule has 0 bridgehead atoms. The summed E-state index contributed by atoms with van der Waals surface area (Å²) >= 11 is 0. The topological polar surface area (TPSA) is 116 Å². The SMILES string of the molecule is CCCC(CCO)Nc1nc(N)nc(C)c1Cc1ccc(CN(C)CCNC(=O)CCC(C)=CCCC(C)=CCCC(C)=CCCC=C(C)CC/C=C(\C)CCC=C(C)C)cc1. The fraction of sp³-hybridized carbons (Fsp3) is 0.574. The molecular formula is C54H86N6O2. The largest absolute Gasteiger partial charge is 0.396 e. The highest BCUT2D eigenvalue weighted by Crippen LogP contribution is 2.24. The van der Waals surface area contributed by atoms with Crippen molar-refractivity contribution >= 4 is 17.7 Å². The first kappa shape index (κ1) is 53.9. The molecule has 0 aliphatic heterocycles. The number of hydrogen-bond donors (Lipinski definition) is 4. The number of aromatic nitrogens is 2. The van der Waals surface area contributed by atoms with E-state index in [1.807, 2.05) is 6.92 Å². The van der Waals surface area contributed by atoms with E-state index in [4.69, 9.17) is 5.73 Å². The molecule has 0 aliphatic carbocycles. The van der Waals surface area contributed by atoms with E-state index in [0.29, 0.717) is 25.8 Å². The molecule has 0 saturated heterocycles.